The number of aryl methyl sites for hydroxylation is 1. The quantitative estimate of drug-likeness (QED) is 0.0278. The van der Waals surface area contributed by atoms with E-state index in [9.17, 15) is 9.59 Å². The molecule has 0 saturated heterocycles. The molecule has 1 heterocycles. The lowest BCUT2D eigenvalue weighted by molar-refractivity contribution is -0.118. The maximum absolute atomic E-state index is 12.1. The van der Waals surface area contributed by atoms with E-state index in [1.165, 1.54) is 76.5 Å². The molecule has 7 rings (SSSR count). The Labute approximate surface area is 374 Å². The number of aliphatic imine (C=N–C) groups is 1. The maximum atomic E-state index is 12.1. The van der Waals surface area contributed by atoms with Crippen LogP contribution in [-0.2, 0) is 22.7 Å². The van der Waals surface area contributed by atoms with Crippen molar-refractivity contribution in [3.63, 3.8) is 0 Å². The molecule has 0 fully saturated rings. The highest BCUT2D eigenvalue weighted by Crippen LogP contribution is 2.44. The Morgan fingerprint density at radius 2 is 1.27 bits per heavy atom. The molecule has 0 atom stereocenters. The monoisotopic (exact) mass is 854 g/mol. The number of nitrogens with zero attached hydrogens (tertiary/aromatic N) is 1. The molecule has 0 saturated carbocycles. The number of nitrogens with one attached hydrogen (secondary N) is 5. The zero-order chi connectivity index (χ0) is 44.8. The molecule has 5 aromatic carbocycles. The lowest BCUT2D eigenvalue weighted by atomic mass is 9.85. The highest BCUT2D eigenvalue weighted by atomic mass is 28.3. The van der Waals surface area contributed by atoms with Crippen LogP contribution in [0.3, 0.4) is 0 Å². The Balaban J connectivity index is 1.30. The molecule has 0 aromatic heterocycles. The third-order valence-corrected chi connectivity index (χ3v) is 16.1. The molecule has 2 aliphatic rings. The van der Waals surface area contributed by atoms with Crippen molar-refractivity contribution < 1.29 is 9.59 Å². The van der Waals surface area contributed by atoms with E-state index in [-0.39, 0.29) is 11.8 Å². The fourth-order valence-electron chi connectivity index (χ4n) is 8.97. The molecule has 1 aliphatic carbocycles. The van der Waals surface area contributed by atoms with Crippen molar-refractivity contribution in [2.75, 3.05) is 45.6 Å². The Bertz CT molecular complexity index is 2770. The van der Waals surface area contributed by atoms with Crippen LogP contribution in [0, 0.1) is 6.92 Å². The number of carbonyl (C=O) groups is 2. The molecule has 1 aliphatic heterocycles. The number of hydrogen-bond donors (Lipinski definition) is 5. The summed E-state index contributed by atoms with van der Waals surface area (Å²) in [6.07, 6.45) is 8.39. The van der Waals surface area contributed by atoms with Gasteiger partial charge in [0.05, 0.1) is 5.71 Å². The van der Waals surface area contributed by atoms with Crippen LogP contribution in [0.4, 0.5) is 5.69 Å². The summed E-state index contributed by atoms with van der Waals surface area (Å²) in [6, 6.07) is 29.5. The van der Waals surface area contributed by atoms with Crippen LogP contribution in [0.1, 0.15) is 54.5 Å². The summed E-state index contributed by atoms with van der Waals surface area (Å²) in [5.74, 6) is -0.211. The van der Waals surface area contributed by atoms with E-state index in [1.807, 2.05) is 14.1 Å². The molecule has 9 heteroatoms. The van der Waals surface area contributed by atoms with Crippen LogP contribution in [0.5, 0.6) is 0 Å². The minimum Gasteiger partial charge on any atom is -0.388 e. The number of anilines is 1. The van der Waals surface area contributed by atoms with E-state index in [0.717, 1.165) is 42.9 Å². The molecule has 5 aromatic rings. The second-order valence-corrected chi connectivity index (χ2v) is 21.7. The summed E-state index contributed by atoms with van der Waals surface area (Å²) < 4.78 is 0. The van der Waals surface area contributed by atoms with Crippen LogP contribution in [-0.4, -0.2) is 65.9 Å². The fourth-order valence-corrected chi connectivity index (χ4v) is 12.0. The molecule has 63 heavy (non-hydrogen) atoms. The van der Waals surface area contributed by atoms with Gasteiger partial charge in [-0.05, 0) is 143 Å². The second-order valence-electron chi connectivity index (χ2n) is 17.4. The molecule has 5 N–H and O–H groups in total. The molecule has 8 nitrogen and oxygen atoms in total. The minimum atomic E-state index is -2.09. The molecule has 2 amide bonds. The summed E-state index contributed by atoms with van der Waals surface area (Å²) >= 11 is 0. The number of carbonyl (C=O) groups excluding carboxylic acids is 2. The summed E-state index contributed by atoms with van der Waals surface area (Å²) in [5.41, 5.74) is 14.4. The summed E-state index contributed by atoms with van der Waals surface area (Å²) in [5, 5.41) is 24.4. The molecular weight excluding hydrogens is 793 g/mol. The summed E-state index contributed by atoms with van der Waals surface area (Å²) in [4.78, 5) is 28.7. The van der Waals surface area contributed by atoms with Gasteiger partial charge in [0.25, 0.3) is 0 Å². The van der Waals surface area contributed by atoms with E-state index in [0.29, 0.717) is 37.3 Å². The fraction of sp³-hybridized carbons (Fsp3) is 0.278. The summed E-state index contributed by atoms with van der Waals surface area (Å²) in [6.45, 7) is 22.2. The highest BCUT2D eigenvalue weighted by Gasteiger charge is 2.31. The first-order valence-electron chi connectivity index (χ1n) is 22.1. The normalized spacial score (nSPS) is 14.7. The van der Waals surface area contributed by atoms with Crippen LogP contribution in [0.15, 0.2) is 137 Å². The zero-order valence-corrected chi connectivity index (χ0v) is 39.1. The molecule has 325 valence electrons. The second kappa shape index (κ2) is 19.5. The van der Waals surface area contributed by atoms with Gasteiger partial charge in [-0.3, -0.25) is 14.6 Å². The third-order valence-electron chi connectivity index (χ3n) is 12.6. The van der Waals surface area contributed by atoms with Crippen LogP contribution in [0.2, 0.25) is 13.1 Å². The van der Waals surface area contributed by atoms with E-state index in [2.05, 4.69) is 162 Å². The van der Waals surface area contributed by atoms with Gasteiger partial charge in [0.1, 0.15) is 0 Å². The highest BCUT2D eigenvalue weighted by molar-refractivity contribution is 6.98. The van der Waals surface area contributed by atoms with Crippen molar-refractivity contribution in [3.8, 4) is 11.1 Å². The Hall–Kier alpha value is -6.13. The number of hydrogen-bond acceptors (Lipinski definition) is 6. The van der Waals surface area contributed by atoms with Gasteiger partial charge in [-0.15, -0.1) is 0 Å². The van der Waals surface area contributed by atoms with Crippen molar-refractivity contribution >= 4 is 63.6 Å². The van der Waals surface area contributed by atoms with Crippen molar-refractivity contribution in [2.45, 2.75) is 59.8 Å². The van der Waals surface area contributed by atoms with Gasteiger partial charge in [0.15, 0.2) is 0 Å². The number of amides is 2. The lowest BCUT2D eigenvalue weighted by Crippen LogP contribution is -2.49. The SMILES string of the molecule is C=C(C)C(=O)NCCCNCc1c2ccccc2c(CNCCCNC(=O)C(=C)C)c2cc(-c3ccc(C)c(C4=C5C=CC(=NC)C=C5[Si-](C)(C)c5cc(NC)ccc54)c3)ccc12. The van der Waals surface area contributed by atoms with E-state index in [1.54, 1.807) is 13.8 Å². The van der Waals surface area contributed by atoms with Gasteiger partial charge in [-0.25, -0.2) is 0 Å². The largest absolute Gasteiger partial charge is 0.388 e. The smallest absolute Gasteiger partial charge is 0.246 e. The van der Waals surface area contributed by atoms with Gasteiger partial charge >= 0.3 is 0 Å². The molecular formula is C54H62N6O2Si-. The number of allylic oxidation sites excluding steroid dienone is 5. The predicted molar refractivity (Wildman–Crippen MR) is 270 cm³/mol. The first-order valence-corrected chi connectivity index (χ1v) is 25.1. The minimum absolute atomic E-state index is 0.105. The average molecular weight is 855 g/mol. The number of benzene rings is 5. The Morgan fingerprint density at radius 3 is 1.87 bits per heavy atom. The molecule has 0 unspecified atom stereocenters. The molecule has 0 bridgehead atoms. The third kappa shape index (κ3) is 9.47. The van der Waals surface area contributed by atoms with Gasteiger partial charge in [-0.2, -0.15) is 23.5 Å². The van der Waals surface area contributed by atoms with Crippen LogP contribution >= 0.6 is 0 Å². The van der Waals surface area contributed by atoms with Crippen molar-refractivity contribution in [1.29, 1.82) is 0 Å². The van der Waals surface area contributed by atoms with Gasteiger partial charge in [0.2, 0.25) is 11.8 Å². The maximum Gasteiger partial charge on any atom is 0.246 e. The van der Waals surface area contributed by atoms with Gasteiger partial charge in [0, 0.05) is 57.1 Å². The van der Waals surface area contributed by atoms with Crippen molar-refractivity contribution in [1.82, 2.24) is 21.3 Å². The van der Waals surface area contributed by atoms with Crippen LogP contribution in [0.25, 0.3) is 38.2 Å². The number of fused-ring (bicyclic) bond motifs is 4. The Morgan fingerprint density at radius 1 is 0.683 bits per heavy atom. The first-order chi connectivity index (χ1) is 30.3. The van der Waals surface area contributed by atoms with E-state index >= 15 is 0 Å². The molecule has 0 spiro atoms. The Kier molecular flexibility index (Phi) is 13.9. The molecule has 0 radical (unpaired) electrons. The zero-order valence-electron chi connectivity index (χ0n) is 38.1. The first kappa shape index (κ1) is 44.9. The van der Waals surface area contributed by atoms with Crippen molar-refractivity contribution in [3.05, 3.63) is 160 Å². The van der Waals surface area contributed by atoms with E-state index < -0.39 is 8.07 Å². The standard InChI is InChI=1S/C54H62N6O2Si/c1-34(2)53(61)59-26-12-24-57-32-48-41-14-10-11-15-42(41)49(33-58-25-13-27-60-54(62)35(3)4)47-29-38(18-21-43(47)48)37-17-16-36(5)46(28-37)52-44-22-19-39(55-6)30-50(44)63(8,9)51-31-40(56-7)20-23-45(51)52/h10-11,14-23,28-31,55,57-58H,1,3,12-13,24-27,32-33H2,2,4-9H3,(H,59,61)(H,60,62)/q-1. The van der Waals surface area contributed by atoms with Gasteiger partial charge < -0.3 is 26.6 Å². The topological polar surface area (TPSA) is 107 Å². The van der Waals surface area contributed by atoms with Crippen LogP contribution < -0.4 is 31.8 Å². The lowest BCUT2D eigenvalue weighted by Gasteiger charge is -2.47. The average Bonchev–Trinajstić information content (AvgIpc) is 3.28. The number of rotatable bonds is 17. The predicted octanol–water partition coefficient (Wildman–Crippen LogP) is 9.19. The van der Waals surface area contributed by atoms with Gasteiger partial charge in [-0.1, -0.05) is 94.0 Å². The summed E-state index contributed by atoms with van der Waals surface area (Å²) in [7, 11) is 1.78. The van der Waals surface area contributed by atoms with E-state index in [4.69, 9.17) is 0 Å². The van der Waals surface area contributed by atoms with Crippen molar-refractivity contribution in [2.24, 2.45) is 4.99 Å².